The second-order valence-electron chi connectivity index (χ2n) is 6.23. The minimum Gasteiger partial charge on any atom is -0.497 e. The van der Waals surface area contributed by atoms with Gasteiger partial charge in [-0.05, 0) is 41.8 Å². The first-order chi connectivity index (χ1) is 13.7. The van der Waals surface area contributed by atoms with Crippen molar-refractivity contribution in [3.8, 4) is 11.5 Å². The molecule has 142 valence electrons. The summed E-state index contributed by atoms with van der Waals surface area (Å²) in [5.41, 5.74) is 1.86. The molecule has 0 saturated heterocycles. The minimum absolute atomic E-state index is 0.137. The maximum atomic E-state index is 12.6. The summed E-state index contributed by atoms with van der Waals surface area (Å²) in [6.45, 7) is 0. The van der Waals surface area contributed by atoms with Crippen LogP contribution in [-0.4, -0.2) is 28.8 Å². The SMILES string of the molecule is COc1ccc(OC)c(CCc2nc3s/c(=C\c4ccccc4)c(=O)n3n2)c1. The molecule has 6 nitrogen and oxygen atoms in total. The summed E-state index contributed by atoms with van der Waals surface area (Å²) in [5, 5.41) is 4.40. The van der Waals surface area contributed by atoms with Gasteiger partial charge in [-0.3, -0.25) is 4.79 Å². The Balaban J connectivity index is 1.59. The van der Waals surface area contributed by atoms with Gasteiger partial charge in [-0.1, -0.05) is 41.7 Å². The van der Waals surface area contributed by atoms with Crippen molar-refractivity contribution in [1.29, 1.82) is 0 Å². The number of methoxy groups -OCH3 is 2. The van der Waals surface area contributed by atoms with E-state index >= 15 is 0 Å². The highest BCUT2D eigenvalue weighted by Gasteiger charge is 2.12. The largest absolute Gasteiger partial charge is 0.497 e. The van der Waals surface area contributed by atoms with Gasteiger partial charge in [-0.2, -0.15) is 4.52 Å². The second-order valence-corrected chi connectivity index (χ2v) is 7.24. The Kier molecular flexibility index (Phi) is 5.08. The molecule has 0 bridgehead atoms. The van der Waals surface area contributed by atoms with Crippen LogP contribution in [0.25, 0.3) is 11.0 Å². The average Bonchev–Trinajstić information content (AvgIpc) is 3.26. The fourth-order valence-electron chi connectivity index (χ4n) is 3.00. The Morgan fingerprint density at radius 1 is 1.07 bits per heavy atom. The molecule has 0 aliphatic heterocycles. The molecule has 4 aromatic rings. The maximum Gasteiger partial charge on any atom is 0.291 e. The van der Waals surface area contributed by atoms with E-state index in [1.807, 2.05) is 54.6 Å². The molecule has 2 aromatic carbocycles. The van der Waals surface area contributed by atoms with Crippen molar-refractivity contribution in [1.82, 2.24) is 14.6 Å². The van der Waals surface area contributed by atoms with Crippen LogP contribution in [0.15, 0.2) is 53.3 Å². The number of rotatable bonds is 6. The van der Waals surface area contributed by atoms with Gasteiger partial charge in [0.2, 0.25) is 4.96 Å². The van der Waals surface area contributed by atoms with Crippen molar-refractivity contribution in [2.24, 2.45) is 0 Å². The molecule has 2 heterocycles. The summed E-state index contributed by atoms with van der Waals surface area (Å²) >= 11 is 1.35. The first kappa shape index (κ1) is 18.2. The number of aryl methyl sites for hydroxylation is 2. The van der Waals surface area contributed by atoms with Gasteiger partial charge in [0.15, 0.2) is 5.82 Å². The Labute approximate surface area is 165 Å². The van der Waals surface area contributed by atoms with Crippen LogP contribution in [0.5, 0.6) is 11.5 Å². The molecule has 0 fully saturated rings. The van der Waals surface area contributed by atoms with Gasteiger partial charge in [0.25, 0.3) is 5.56 Å². The standard InChI is InChI=1S/C21H19N3O3S/c1-26-16-9-10-17(27-2)15(13-16)8-11-19-22-21-24(23-19)20(25)18(28-21)12-14-6-4-3-5-7-14/h3-7,9-10,12-13H,8,11H2,1-2H3/b18-12-. The molecule has 0 atom stereocenters. The third kappa shape index (κ3) is 3.61. The van der Waals surface area contributed by atoms with Gasteiger partial charge in [0.1, 0.15) is 11.5 Å². The lowest BCUT2D eigenvalue weighted by Crippen LogP contribution is -2.23. The normalized spacial score (nSPS) is 11.9. The van der Waals surface area contributed by atoms with Crippen molar-refractivity contribution in [2.45, 2.75) is 12.8 Å². The molecule has 28 heavy (non-hydrogen) atoms. The molecule has 0 N–H and O–H groups in total. The lowest BCUT2D eigenvalue weighted by atomic mass is 10.1. The molecule has 0 amide bonds. The molecule has 0 aliphatic carbocycles. The fourth-order valence-corrected chi connectivity index (χ4v) is 3.93. The Hall–Kier alpha value is -3.19. The van der Waals surface area contributed by atoms with Gasteiger partial charge in [-0.15, -0.1) is 5.10 Å². The van der Waals surface area contributed by atoms with Gasteiger partial charge in [0.05, 0.1) is 18.8 Å². The van der Waals surface area contributed by atoms with Crippen LogP contribution in [0.2, 0.25) is 0 Å². The van der Waals surface area contributed by atoms with E-state index < -0.39 is 0 Å². The van der Waals surface area contributed by atoms with Crippen LogP contribution >= 0.6 is 11.3 Å². The number of hydrogen-bond donors (Lipinski definition) is 0. The van der Waals surface area contributed by atoms with E-state index in [4.69, 9.17) is 9.47 Å². The van der Waals surface area contributed by atoms with E-state index in [9.17, 15) is 4.79 Å². The number of thiazole rings is 1. The van der Waals surface area contributed by atoms with Crippen LogP contribution in [-0.2, 0) is 12.8 Å². The van der Waals surface area contributed by atoms with Crippen molar-refractivity contribution in [2.75, 3.05) is 14.2 Å². The van der Waals surface area contributed by atoms with Crippen molar-refractivity contribution in [3.63, 3.8) is 0 Å². The zero-order chi connectivity index (χ0) is 19.5. The van der Waals surface area contributed by atoms with Crippen molar-refractivity contribution in [3.05, 3.63) is 80.4 Å². The lowest BCUT2D eigenvalue weighted by Gasteiger charge is -2.09. The molecule has 0 aliphatic rings. The monoisotopic (exact) mass is 393 g/mol. The predicted octanol–water partition coefficient (Wildman–Crippen LogP) is 2.50. The van der Waals surface area contributed by atoms with Crippen molar-refractivity contribution >= 4 is 22.4 Å². The Morgan fingerprint density at radius 2 is 1.89 bits per heavy atom. The topological polar surface area (TPSA) is 65.7 Å². The van der Waals surface area contributed by atoms with E-state index in [0.717, 1.165) is 22.6 Å². The summed E-state index contributed by atoms with van der Waals surface area (Å²) in [4.78, 5) is 17.7. The summed E-state index contributed by atoms with van der Waals surface area (Å²) in [5.74, 6) is 2.21. The first-order valence-corrected chi connectivity index (χ1v) is 9.65. The average molecular weight is 393 g/mol. The zero-order valence-electron chi connectivity index (χ0n) is 15.6. The van der Waals surface area contributed by atoms with Crippen molar-refractivity contribution < 1.29 is 9.47 Å². The Morgan fingerprint density at radius 3 is 2.61 bits per heavy atom. The molecule has 0 saturated carbocycles. The highest BCUT2D eigenvalue weighted by atomic mass is 32.1. The van der Waals surface area contributed by atoms with Crippen LogP contribution in [0.4, 0.5) is 0 Å². The summed E-state index contributed by atoms with van der Waals surface area (Å²) in [6.07, 6.45) is 3.16. The number of benzene rings is 2. The molecule has 4 rings (SSSR count). The summed E-state index contributed by atoms with van der Waals surface area (Å²) in [7, 11) is 3.28. The molecule has 0 spiro atoms. The minimum atomic E-state index is -0.137. The molecular formula is C21H19N3O3S. The third-order valence-corrected chi connectivity index (χ3v) is 5.39. The smallest absolute Gasteiger partial charge is 0.291 e. The molecule has 2 aromatic heterocycles. The molecule has 7 heteroatoms. The quantitative estimate of drug-likeness (QED) is 0.504. The predicted molar refractivity (Wildman–Crippen MR) is 109 cm³/mol. The van der Waals surface area contributed by atoms with Crippen LogP contribution in [0.1, 0.15) is 17.0 Å². The lowest BCUT2D eigenvalue weighted by molar-refractivity contribution is 0.398. The highest BCUT2D eigenvalue weighted by molar-refractivity contribution is 7.15. The number of ether oxygens (including phenoxy) is 2. The summed E-state index contributed by atoms with van der Waals surface area (Å²) in [6, 6.07) is 15.4. The summed E-state index contributed by atoms with van der Waals surface area (Å²) < 4.78 is 12.7. The van der Waals surface area contributed by atoms with Gasteiger partial charge < -0.3 is 9.47 Å². The van der Waals surface area contributed by atoms with Gasteiger partial charge in [-0.25, -0.2) is 4.98 Å². The third-order valence-electron chi connectivity index (χ3n) is 4.43. The maximum absolute atomic E-state index is 12.6. The van der Waals surface area contributed by atoms with Crippen LogP contribution in [0.3, 0.4) is 0 Å². The Bertz CT molecular complexity index is 1220. The van der Waals surface area contributed by atoms with Crippen LogP contribution < -0.4 is 19.6 Å². The van der Waals surface area contributed by atoms with E-state index in [-0.39, 0.29) is 5.56 Å². The van der Waals surface area contributed by atoms with E-state index in [1.54, 1.807) is 14.2 Å². The number of hydrogen-bond acceptors (Lipinski definition) is 6. The highest BCUT2D eigenvalue weighted by Crippen LogP contribution is 2.25. The number of fused-ring (bicyclic) bond motifs is 1. The van der Waals surface area contributed by atoms with E-state index in [1.165, 1.54) is 15.9 Å². The van der Waals surface area contributed by atoms with Gasteiger partial charge >= 0.3 is 0 Å². The second kappa shape index (κ2) is 7.82. The van der Waals surface area contributed by atoms with Gasteiger partial charge in [0, 0.05) is 6.42 Å². The first-order valence-electron chi connectivity index (χ1n) is 8.84. The number of nitrogens with zero attached hydrogens (tertiary/aromatic N) is 3. The molecule has 0 unspecified atom stereocenters. The molecule has 0 radical (unpaired) electrons. The fraction of sp³-hybridized carbons (Fsp3) is 0.190. The van der Waals surface area contributed by atoms with E-state index in [2.05, 4.69) is 10.1 Å². The number of aromatic nitrogens is 3. The molecular weight excluding hydrogens is 374 g/mol. The van der Waals surface area contributed by atoms with Crippen LogP contribution in [0, 0.1) is 0 Å². The van der Waals surface area contributed by atoms with E-state index in [0.29, 0.717) is 28.2 Å². The zero-order valence-corrected chi connectivity index (χ0v) is 16.4.